The van der Waals surface area contributed by atoms with Gasteiger partial charge in [-0.15, -0.1) is 0 Å². The Balaban J connectivity index is 2.31. The Morgan fingerprint density at radius 1 is 1.53 bits per heavy atom. The minimum absolute atomic E-state index is 0.0374. The lowest BCUT2D eigenvalue weighted by atomic mass is 9.75. The van der Waals surface area contributed by atoms with Crippen LogP contribution in [0.3, 0.4) is 0 Å². The average Bonchev–Trinajstić information content (AvgIpc) is 2.61. The second-order valence-electron chi connectivity index (χ2n) is 6.28. The molecule has 0 radical (unpaired) electrons. The van der Waals surface area contributed by atoms with Gasteiger partial charge in [-0.25, -0.2) is 4.79 Å². The van der Waals surface area contributed by atoms with Gasteiger partial charge in [0.1, 0.15) is 6.10 Å². The Labute approximate surface area is 115 Å². The molecule has 0 aromatic heterocycles. The zero-order chi connectivity index (χ0) is 14.2. The number of fused-ring (bicyclic) bond motifs is 1. The summed E-state index contributed by atoms with van der Waals surface area (Å²) in [4.78, 5) is 11.8. The van der Waals surface area contributed by atoms with E-state index in [1.54, 1.807) is 0 Å². The van der Waals surface area contributed by atoms with Crippen molar-refractivity contribution in [2.45, 2.75) is 58.2 Å². The van der Waals surface area contributed by atoms with Crippen molar-refractivity contribution in [2.75, 3.05) is 0 Å². The van der Waals surface area contributed by atoms with Crippen LogP contribution in [0, 0.1) is 11.8 Å². The summed E-state index contributed by atoms with van der Waals surface area (Å²) in [6.45, 7) is 9.80. The van der Waals surface area contributed by atoms with E-state index < -0.39 is 5.60 Å². The Morgan fingerprint density at radius 2 is 2.21 bits per heavy atom. The van der Waals surface area contributed by atoms with Crippen LogP contribution < -0.4 is 0 Å². The van der Waals surface area contributed by atoms with E-state index >= 15 is 0 Å². The summed E-state index contributed by atoms with van der Waals surface area (Å²) in [7, 11) is 0. The number of hydrogen-bond acceptors (Lipinski definition) is 3. The number of carbonyl (C=O) groups is 1. The number of aliphatic hydroxyl groups is 1. The number of esters is 1. The van der Waals surface area contributed by atoms with Crippen LogP contribution in [-0.4, -0.2) is 22.8 Å². The highest BCUT2D eigenvalue weighted by Crippen LogP contribution is 2.40. The van der Waals surface area contributed by atoms with Crippen LogP contribution in [0.2, 0.25) is 0 Å². The summed E-state index contributed by atoms with van der Waals surface area (Å²) in [5.41, 5.74) is 1.07. The molecule has 0 amide bonds. The number of carbonyl (C=O) groups excluding carboxylic acids is 1. The van der Waals surface area contributed by atoms with Crippen molar-refractivity contribution < 1.29 is 14.6 Å². The van der Waals surface area contributed by atoms with Crippen molar-refractivity contribution in [2.24, 2.45) is 11.8 Å². The van der Waals surface area contributed by atoms with Crippen molar-refractivity contribution in [3.8, 4) is 0 Å². The first-order valence-electron chi connectivity index (χ1n) is 7.10. The molecule has 1 aliphatic carbocycles. The van der Waals surface area contributed by atoms with Crippen LogP contribution in [0.5, 0.6) is 0 Å². The van der Waals surface area contributed by atoms with Gasteiger partial charge in [-0.05, 0) is 39.5 Å². The van der Waals surface area contributed by atoms with Crippen LogP contribution in [0.25, 0.3) is 0 Å². The molecule has 1 heterocycles. The molecule has 0 saturated carbocycles. The summed E-state index contributed by atoms with van der Waals surface area (Å²) in [5, 5.41) is 10.6. The van der Waals surface area contributed by atoms with Crippen LogP contribution in [0.4, 0.5) is 0 Å². The molecule has 2 rings (SSSR count). The summed E-state index contributed by atoms with van der Waals surface area (Å²) in [6, 6.07) is 0. The maximum atomic E-state index is 11.8. The molecule has 2 aliphatic rings. The molecule has 0 unspecified atom stereocenters. The van der Waals surface area contributed by atoms with Gasteiger partial charge >= 0.3 is 5.97 Å². The van der Waals surface area contributed by atoms with Crippen molar-refractivity contribution in [1.29, 1.82) is 0 Å². The second-order valence-corrected chi connectivity index (χ2v) is 6.28. The molecule has 3 heteroatoms. The molecule has 1 aliphatic heterocycles. The normalized spacial score (nSPS) is 43.2. The lowest BCUT2D eigenvalue weighted by molar-refractivity contribution is -0.146. The molecule has 1 saturated heterocycles. The van der Waals surface area contributed by atoms with Gasteiger partial charge in [0.2, 0.25) is 0 Å². The van der Waals surface area contributed by atoms with Gasteiger partial charge in [0.05, 0.1) is 5.60 Å². The fraction of sp³-hybridized carbons (Fsp3) is 0.688. The maximum Gasteiger partial charge on any atom is 0.334 e. The first-order valence-corrected chi connectivity index (χ1v) is 7.10. The van der Waals surface area contributed by atoms with Crippen LogP contribution in [0.1, 0.15) is 46.5 Å². The number of hydrogen-bond donors (Lipinski definition) is 1. The third-order valence-corrected chi connectivity index (χ3v) is 4.82. The van der Waals surface area contributed by atoms with Crippen LogP contribution in [0.15, 0.2) is 23.8 Å². The second kappa shape index (κ2) is 5.12. The quantitative estimate of drug-likeness (QED) is 0.415. The molecule has 0 spiro atoms. The first-order chi connectivity index (χ1) is 8.83. The van der Waals surface area contributed by atoms with Gasteiger partial charge in [0.15, 0.2) is 0 Å². The third kappa shape index (κ3) is 2.76. The molecule has 4 atom stereocenters. The van der Waals surface area contributed by atoms with E-state index in [9.17, 15) is 9.90 Å². The van der Waals surface area contributed by atoms with E-state index in [-0.39, 0.29) is 23.9 Å². The predicted molar refractivity (Wildman–Crippen MR) is 74.5 cm³/mol. The van der Waals surface area contributed by atoms with E-state index in [1.807, 2.05) is 13.8 Å². The molecule has 0 aromatic carbocycles. The van der Waals surface area contributed by atoms with Crippen LogP contribution >= 0.6 is 0 Å². The van der Waals surface area contributed by atoms with Gasteiger partial charge in [-0.3, -0.25) is 0 Å². The van der Waals surface area contributed by atoms with Gasteiger partial charge < -0.3 is 9.84 Å². The molecule has 0 aromatic rings. The molecule has 1 fully saturated rings. The van der Waals surface area contributed by atoms with E-state index in [2.05, 4.69) is 19.6 Å². The molecule has 19 heavy (non-hydrogen) atoms. The minimum atomic E-state index is -0.818. The predicted octanol–water partition coefficient (Wildman–Crippen LogP) is 2.99. The number of allylic oxidation sites excluding steroid dienone is 2. The molecule has 0 bridgehead atoms. The average molecular weight is 264 g/mol. The monoisotopic (exact) mass is 264 g/mol. The SMILES string of the molecule is C=C1C(=O)O[C@H]2[C@@H]1CC/C(C)=C\CC[C@@](C)(O)[C@H]2C. The summed E-state index contributed by atoms with van der Waals surface area (Å²) < 4.78 is 5.47. The number of ether oxygens (including phenoxy) is 1. The lowest BCUT2D eigenvalue weighted by Crippen LogP contribution is -2.42. The highest BCUT2D eigenvalue weighted by molar-refractivity contribution is 5.90. The van der Waals surface area contributed by atoms with Crippen molar-refractivity contribution >= 4 is 5.97 Å². The first kappa shape index (κ1) is 14.3. The lowest BCUT2D eigenvalue weighted by Gasteiger charge is -2.36. The maximum absolute atomic E-state index is 11.8. The zero-order valence-electron chi connectivity index (χ0n) is 12.1. The topological polar surface area (TPSA) is 46.5 Å². The Hall–Kier alpha value is -1.09. The largest absolute Gasteiger partial charge is 0.458 e. The third-order valence-electron chi connectivity index (χ3n) is 4.82. The van der Waals surface area contributed by atoms with E-state index in [0.29, 0.717) is 12.0 Å². The highest BCUT2D eigenvalue weighted by Gasteiger charge is 2.46. The van der Waals surface area contributed by atoms with Crippen LogP contribution in [-0.2, 0) is 9.53 Å². The van der Waals surface area contributed by atoms with Gasteiger partial charge in [0, 0.05) is 17.4 Å². The van der Waals surface area contributed by atoms with E-state index in [0.717, 1.165) is 19.3 Å². The molecular formula is C16H24O3. The fourth-order valence-electron chi connectivity index (χ4n) is 3.10. The standard InChI is InChI=1S/C16H24O3/c1-10-6-5-9-16(4,18)12(3)14-13(8-7-10)11(2)15(17)19-14/h6,12-14,18H,2,5,7-9H2,1,3-4H3/b10-6-/t12-,13+,14+,16+/m0/s1. The smallest absolute Gasteiger partial charge is 0.334 e. The van der Waals surface area contributed by atoms with E-state index in [1.165, 1.54) is 5.57 Å². The molecule has 106 valence electrons. The van der Waals surface area contributed by atoms with Crippen molar-refractivity contribution in [3.63, 3.8) is 0 Å². The Bertz CT molecular complexity index is 420. The van der Waals surface area contributed by atoms with E-state index in [4.69, 9.17) is 4.74 Å². The van der Waals surface area contributed by atoms with Gasteiger partial charge in [0.25, 0.3) is 0 Å². The summed E-state index contributed by atoms with van der Waals surface area (Å²) in [6.07, 6.45) is 5.36. The zero-order valence-corrected chi connectivity index (χ0v) is 12.1. The Morgan fingerprint density at radius 3 is 2.89 bits per heavy atom. The summed E-state index contributed by atoms with van der Waals surface area (Å²) >= 11 is 0. The molecule has 1 N–H and O–H groups in total. The molecular weight excluding hydrogens is 240 g/mol. The fourth-order valence-corrected chi connectivity index (χ4v) is 3.10. The number of rotatable bonds is 0. The highest BCUT2D eigenvalue weighted by atomic mass is 16.6. The van der Waals surface area contributed by atoms with Crippen molar-refractivity contribution in [3.05, 3.63) is 23.8 Å². The van der Waals surface area contributed by atoms with Gasteiger partial charge in [-0.2, -0.15) is 0 Å². The molecule has 3 nitrogen and oxygen atoms in total. The van der Waals surface area contributed by atoms with Gasteiger partial charge in [-0.1, -0.05) is 25.2 Å². The minimum Gasteiger partial charge on any atom is -0.458 e. The Kier molecular flexibility index (Phi) is 3.86. The summed E-state index contributed by atoms with van der Waals surface area (Å²) in [5.74, 6) is -0.332. The van der Waals surface area contributed by atoms with Crippen molar-refractivity contribution in [1.82, 2.24) is 0 Å².